The molecule has 0 heterocycles. The highest BCUT2D eigenvalue weighted by Gasteiger charge is 2.04. The molecule has 14 heavy (non-hydrogen) atoms. The lowest BCUT2D eigenvalue weighted by Gasteiger charge is -2.10. The molecule has 0 aliphatic rings. The Bertz CT molecular complexity index is 289. The third-order valence-corrected chi connectivity index (χ3v) is 1.78. The van der Waals surface area contributed by atoms with Crippen LogP contribution in [0.4, 0.5) is 0 Å². The van der Waals surface area contributed by atoms with E-state index < -0.39 is 0 Å². The van der Waals surface area contributed by atoms with Crippen molar-refractivity contribution in [3.05, 3.63) is 23.8 Å². The molecule has 0 amide bonds. The van der Waals surface area contributed by atoms with Crippen molar-refractivity contribution in [1.82, 2.24) is 0 Å². The molecule has 0 fully saturated rings. The molecule has 4 heteroatoms. The van der Waals surface area contributed by atoms with Crippen molar-refractivity contribution in [2.75, 3.05) is 21.0 Å². The van der Waals surface area contributed by atoms with Crippen LogP contribution >= 0.6 is 0 Å². The summed E-state index contributed by atoms with van der Waals surface area (Å²) < 4.78 is 15.3. The van der Waals surface area contributed by atoms with Gasteiger partial charge in [-0.3, -0.25) is 5.73 Å². The zero-order valence-corrected chi connectivity index (χ0v) is 8.45. The van der Waals surface area contributed by atoms with Crippen LogP contribution in [0.2, 0.25) is 0 Å². The number of methoxy groups -OCH3 is 2. The fourth-order valence-corrected chi connectivity index (χ4v) is 1.18. The largest absolute Gasteiger partial charge is 0.493 e. The average molecular weight is 197 g/mol. The van der Waals surface area contributed by atoms with Gasteiger partial charge in [-0.2, -0.15) is 0 Å². The second kappa shape index (κ2) is 5.47. The Kier molecular flexibility index (Phi) is 4.22. The van der Waals surface area contributed by atoms with Crippen LogP contribution < -0.4 is 15.2 Å². The zero-order valence-electron chi connectivity index (χ0n) is 8.45. The number of benzene rings is 1. The van der Waals surface area contributed by atoms with E-state index in [-0.39, 0.29) is 6.73 Å². The maximum atomic E-state index is 5.28. The molecule has 0 unspecified atom stereocenters. The predicted molar refractivity (Wildman–Crippen MR) is 53.4 cm³/mol. The van der Waals surface area contributed by atoms with E-state index in [2.05, 4.69) is 0 Å². The maximum Gasteiger partial charge on any atom is 0.163 e. The summed E-state index contributed by atoms with van der Waals surface area (Å²) in [5.41, 5.74) is 6.31. The molecule has 0 atom stereocenters. The van der Waals surface area contributed by atoms with Gasteiger partial charge in [0.1, 0.15) is 6.73 Å². The van der Waals surface area contributed by atoms with Gasteiger partial charge in [0.2, 0.25) is 0 Å². The van der Waals surface area contributed by atoms with Crippen molar-refractivity contribution in [3.8, 4) is 11.5 Å². The Morgan fingerprint density at radius 1 is 1.21 bits per heavy atom. The lowest BCUT2D eigenvalue weighted by Crippen LogP contribution is -2.08. The molecule has 0 bridgehead atoms. The minimum absolute atomic E-state index is 0.139. The fraction of sp³-hybridized carbons (Fsp3) is 0.400. The van der Waals surface area contributed by atoms with Crippen molar-refractivity contribution in [2.45, 2.75) is 6.61 Å². The standard InChI is InChI=1S/C10H15NO3/c1-12-6-8-3-4-9(14-7-11)10(5-8)13-2/h3-5H,6-7,11H2,1-2H3. The van der Waals surface area contributed by atoms with Gasteiger partial charge in [-0.15, -0.1) is 0 Å². The van der Waals surface area contributed by atoms with Gasteiger partial charge in [0.25, 0.3) is 0 Å². The number of rotatable bonds is 5. The smallest absolute Gasteiger partial charge is 0.163 e. The van der Waals surface area contributed by atoms with Crippen LogP contribution in [0.1, 0.15) is 5.56 Å². The third-order valence-electron chi connectivity index (χ3n) is 1.78. The summed E-state index contributed by atoms with van der Waals surface area (Å²) in [5, 5.41) is 0. The summed E-state index contributed by atoms with van der Waals surface area (Å²) >= 11 is 0. The van der Waals surface area contributed by atoms with Crippen molar-refractivity contribution < 1.29 is 14.2 Å². The summed E-state index contributed by atoms with van der Waals surface area (Å²) in [6.45, 7) is 0.694. The predicted octanol–water partition coefficient (Wildman–Crippen LogP) is 1.14. The molecule has 4 nitrogen and oxygen atoms in total. The highest BCUT2D eigenvalue weighted by molar-refractivity contribution is 5.42. The summed E-state index contributed by atoms with van der Waals surface area (Å²) in [4.78, 5) is 0. The van der Waals surface area contributed by atoms with Crippen molar-refractivity contribution in [2.24, 2.45) is 5.73 Å². The van der Waals surface area contributed by atoms with Gasteiger partial charge in [-0.1, -0.05) is 6.07 Å². The van der Waals surface area contributed by atoms with E-state index in [9.17, 15) is 0 Å². The molecule has 2 N–H and O–H groups in total. The second-order valence-electron chi connectivity index (χ2n) is 2.73. The lowest BCUT2D eigenvalue weighted by atomic mass is 10.2. The van der Waals surface area contributed by atoms with E-state index in [0.29, 0.717) is 18.1 Å². The summed E-state index contributed by atoms with van der Waals surface area (Å²) in [6.07, 6.45) is 0. The maximum absolute atomic E-state index is 5.28. The quantitative estimate of drug-likeness (QED) is 0.719. The highest BCUT2D eigenvalue weighted by atomic mass is 16.5. The monoisotopic (exact) mass is 197 g/mol. The van der Waals surface area contributed by atoms with E-state index in [0.717, 1.165) is 5.56 Å². The normalized spacial score (nSPS) is 9.93. The van der Waals surface area contributed by atoms with Crippen LogP contribution in [0.25, 0.3) is 0 Å². The Morgan fingerprint density at radius 3 is 2.57 bits per heavy atom. The van der Waals surface area contributed by atoms with Crippen molar-refractivity contribution in [1.29, 1.82) is 0 Å². The number of hydrogen-bond donors (Lipinski definition) is 1. The lowest BCUT2D eigenvalue weighted by molar-refractivity contribution is 0.184. The minimum atomic E-state index is 0.139. The van der Waals surface area contributed by atoms with Crippen LogP contribution in [0.5, 0.6) is 11.5 Å². The number of ether oxygens (including phenoxy) is 3. The first kappa shape index (κ1) is 10.8. The van der Waals surface area contributed by atoms with E-state index in [1.165, 1.54) is 0 Å². The topological polar surface area (TPSA) is 53.7 Å². The molecule has 78 valence electrons. The minimum Gasteiger partial charge on any atom is -0.493 e. The molecular formula is C10H15NO3. The van der Waals surface area contributed by atoms with Gasteiger partial charge in [-0.25, -0.2) is 0 Å². The molecule has 0 aliphatic carbocycles. The third kappa shape index (κ3) is 2.61. The Balaban J connectivity index is 2.87. The molecule has 0 aromatic heterocycles. The van der Waals surface area contributed by atoms with E-state index in [1.54, 1.807) is 14.2 Å². The second-order valence-corrected chi connectivity index (χ2v) is 2.73. The summed E-state index contributed by atoms with van der Waals surface area (Å²) in [5.74, 6) is 1.32. The first-order valence-corrected chi connectivity index (χ1v) is 4.30. The Labute approximate surface area is 83.6 Å². The van der Waals surface area contributed by atoms with E-state index in [4.69, 9.17) is 19.9 Å². The van der Waals surface area contributed by atoms with E-state index in [1.807, 2.05) is 18.2 Å². The number of hydrogen-bond acceptors (Lipinski definition) is 4. The molecule has 0 saturated carbocycles. The van der Waals surface area contributed by atoms with Crippen LogP contribution in [-0.4, -0.2) is 21.0 Å². The highest BCUT2D eigenvalue weighted by Crippen LogP contribution is 2.27. The van der Waals surface area contributed by atoms with Crippen LogP contribution in [0.3, 0.4) is 0 Å². The van der Waals surface area contributed by atoms with Gasteiger partial charge in [-0.05, 0) is 17.7 Å². The Hall–Kier alpha value is -1.26. The van der Waals surface area contributed by atoms with Crippen LogP contribution in [0.15, 0.2) is 18.2 Å². The van der Waals surface area contributed by atoms with Crippen molar-refractivity contribution in [3.63, 3.8) is 0 Å². The molecule has 0 aliphatic heterocycles. The molecule has 1 rings (SSSR count). The first-order valence-electron chi connectivity index (χ1n) is 4.30. The molecule has 0 radical (unpaired) electrons. The van der Waals surface area contributed by atoms with E-state index >= 15 is 0 Å². The van der Waals surface area contributed by atoms with Crippen LogP contribution in [0, 0.1) is 0 Å². The summed E-state index contributed by atoms with van der Waals surface area (Å²) in [6, 6.07) is 5.60. The molecule has 0 saturated heterocycles. The van der Waals surface area contributed by atoms with Gasteiger partial charge in [0, 0.05) is 7.11 Å². The fourth-order valence-electron chi connectivity index (χ4n) is 1.18. The zero-order chi connectivity index (χ0) is 10.4. The first-order chi connectivity index (χ1) is 6.81. The van der Waals surface area contributed by atoms with Gasteiger partial charge >= 0.3 is 0 Å². The molecule has 1 aromatic carbocycles. The van der Waals surface area contributed by atoms with Crippen LogP contribution in [-0.2, 0) is 11.3 Å². The van der Waals surface area contributed by atoms with Gasteiger partial charge in [0.05, 0.1) is 13.7 Å². The molecular weight excluding hydrogens is 182 g/mol. The Morgan fingerprint density at radius 2 is 2.00 bits per heavy atom. The van der Waals surface area contributed by atoms with Gasteiger partial charge < -0.3 is 14.2 Å². The van der Waals surface area contributed by atoms with Crippen molar-refractivity contribution >= 4 is 0 Å². The SMILES string of the molecule is COCc1ccc(OCN)c(OC)c1. The molecule has 1 aromatic rings. The van der Waals surface area contributed by atoms with Gasteiger partial charge in [0.15, 0.2) is 11.5 Å². The average Bonchev–Trinajstić information content (AvgIpc) is 2.21. The molecule has 0 spiro atoms. The number of nitrogens with two attached hydrogens (primary N) is 1. The summed E-state index contributed by atoms with van der Waals surface area (Å²) in [7, 11) is 3.24.